The van der Waals surface area contributed by atoms with Crippen molar-refractivity contribution in [3.63, 3.8) is 0 Å². The molecule has 0 spiro atoms. The average molecular weight is 337 g/mol. The van der Waals surface area contributed by atoms with Gasteiger partial charge < -0.3 is 4.90 Å². The zero-order chi connectivity index (χ0) is 17.8. The maximum Gasteiger partial charge on any atom is 0.253 e. The minimum absolute atomic E-state index is 0.0256. The van der Waals surface area contributed by atoms with Crippen molar-refractivity contribution in [2.75, 3.05) is 18.0 Å². The number of piperidine rings is 1. The maximum absolute atomic E-state index is 12.3. The summed E-state index contributed by atoms with van der Waals surface area (Å²) in [6.45, 7) is 6.47. The molecule has 1 saturated heterocycles. The van der Waals surface area contributed by atoms with Crippen LogP contribution in [0.1, 0.15) is 43.9 Å². The fourth-order valence-electron chi connectivity index (χ4n) is 3.23. The summed E-state index contributed by atoms with van der Waals surface area (Å²) in [4.78, 5) is 23.2. The molecule has 0 amide bonds. The van der Waals surface area contributed by atoms with E-state index in [0.717, 1.165) is 37.4 Å². The second-order valence-corrected chi connectivity index (χ2v) is 6.88. The van der Waals surface area contributed by atoms with Crippen molar-refractivity contribution in [1.29, 1.82) is 5.26 Å². The summed E-state index contributed by atoms with van der Waals surface area (Å²) in [5, 5.41) is 9.23. The van der Waals surface area contributed by atoms with E-state index in [2.05, 4.69) is 20.9 Å². The number of hydrogen-bond acceptors (Lipinski definition) is 5. The van der Waals surface area contributed by atoms with Crippen molar-refractivity contribution in [3.8, 4) is 6.07 Å². The minimum atomic E-state index is 0.0256. The first-order valence-corrected chi connectivity index (χ1v) is 8.75. The van der Waals surface area contributed by atoms with Gasteiger partial charge in [0, 0.05) is 31.9 Å². The number of pyridine rings is 1. The Hall–Kier alpha value is -2.68. The fourth-order valence-corrected chi connectivity index (χ4v) is 3.23. The van der Waals surface area contributed by atoms with Gasteiger partial charge in [-0.2, -0.15) is 5.26 Å². The van der Waals surface area contributed by atoms with E-state index in [1.54, 1.807) is 35.3 Å². The summed E-state index contributed by atoms with van der Waals surface area (Å²) in [6.07, 6.45) is 5.35. The van der Waals surface area contributed by atoms with Crippen molar-refractivity contribution in [1.82, 2.24) is 14.5 Å². The first kappa shape index (κ1) is 17.2. The van der Waals surface area contributed by atoms with Crippen LogP contribution >= 0.6 is 0 Å². The molecule has 0 aromatic carbocycles. The Balaban J connectivity index is 1.63. The highest BCUT2D eigenvalue weighted by molar-refractivity contribution is 5.53. The van der Waals surface area contributed by atoms with Crippen molar-refractivity contribution >= 4 is 5.82 Å². The molecule has 0 unspecified atom stereocenters. The minimum Gasteiger partial charge on any atom is -0.356 e. The molecule has 1 aliphatic heterocycles. The number of rotatable bonds is 4. The third kappa shape index (κ3) is 3.87. The molecule has 25 heavy (non-hydrogen) atoms. The van der Waals surface area contributed by atoms with Gasteiger partial charge in [0.05, 0.1) is 17.6 Å². The molecule has 1 fully saturated rings. The van der Waals surface area contributed by atoms with E-state index in [1.807, 2.05) is 13.8 Å². The van der Waals surface area contributed by atoms with Crippen LogP contribution in [0.4, 0.5) is 5.82 Å². The molecule has 1 aliphatic rings. The van der Waals surface area contributed by atoms with Gasteiger partial charge in [0.2, 0.25) is 0 Å². The predicted octanol–water partition coefficient (Wildman–Crippen LogP) is 2.55. The Morgan fingerprint density at radius 1 is 1.32 bits per heavy atom. The SMILES string of the molecule is CC(C)c1cc(=O)n(CC2CCN(c3ncccc3C#N)CC2)cn1. The summed E-state index contributed by atoms with van der Waals surface area (Å²) in [5.74, 6) is 1.47. The summed E-state index contributed by atoms with van der Waals surface area (Å²) < 4.78 is 1.72. The first-order chi connectivity index (χ1) is 12.1. The fraction of sp³-hybridized carbons (Fsp3) is 0.474. The van der Waals surface area contributed by atoms with E-state index < -0.39 is 0 Å². The van der Waals surface area contributed by atoms with Crippen LogP contribution in [0.15, 0.2) is 35.5 Å². The second-order valence-electron chi connectivity index (χ2n) is 6.88. The van der Waals surface area contributed by atoms with Gasteiger partial charge in [0.15, 0.2) is 0 Å². The van der Waals surface area contributed by atoms with Gasteiger partial charge in [0.1, 0.15) is 11.9 Å². The number of nitriles is 1. The van der Waals surface area contributed by atoms with Gasteiger partial charge in [-0.25, -0.2) is 9.97 Å². The lowest BCUT2D eigenvalue weighted by Crippen LogP contribution is -2.37. The zero-order valence-electron chi connectivity index (χ0n) is 14.7. The molecule has 0 aliphatic carbocycles. The largest absolute Gasteiger partial charge is 0.356 e. The van der Waals surface area contributed by atoms with E-state index in [4.69, 9.17) is 0 Å². The molecule has 0 bridgehead atoms. The molecule has 2 aromatic rings. The van der Waals surface area contributed by atoms with E-state index in [1.165, 1.54) is 0 Å². The Bertz CT molecular complexity index is 828. The molecule has 0 saturated carbocycles. The van der Waals surface area contributed by atoms with Crippen LogP contribution in [0.3, 0.4) is 0 Å². The predicted molar refractivity (Wildman–Crippen MR) is 96.5 cm³/mol. The second kappa shape index (κ2) is 7.47. The highest BCUT2D eigenvalue weighted by Crippen LogP contribution is 2.24. The standard InChI is InChI=1S/C19H23N5O/c1-14(2)17-10-18(25)24(13-22-17)12-15-5-8-23(9-6-15)19-16(11-20)4-3-7-21-19/h3-4,7,10,13-15H,5-6,8-9,12H2,1-2H3. The summed E-state index contributed by atoms with van der Waals surface area (Å²) in [6, 6.07) is 7.44. The van der Waals surface area contributed by atoms with Crippen molar-refractivity contribution in [2.24, 2.45) is 5.92 Å². The van der Waals surface area contributed by atoms with Gasteiger partial charge in [-0.05, 0) is 36.8 Å². The lowest BCUT2D eigenvalue weighted by molar-refractivity contribution is 0.349. The van der Waals surface area contributed by atoms with Gasteiger partial charge in [-0.15, -0.1) is 0 Å². The van der Waals surface area contributed by atoms with Crippen LogP contribution in [0, 0.1) is 17.2 Å². The molecule has 3 rings (SSSR count). The third-order valence-electron chi connectivity index (χ3n) is 4.77. The maximum atomic E-state index is 12.3. The number of hydrogen-bond donors (Lipinski definition) is 0. The van der Waals surface area contributed by atoms with Crippen LogP contribution < -0.4 is 10.5 Å². The van der Waals surface area contributed by atoms with Crippen LogP contribution in [-0.2, 0) is 6.54 Å². The average Bonchev–Trinajstić information content (AvgIpc) is 2.64. The first-order valence-electron chi connectivity index (χ1n) is 8.75. The molecule has 6 heteroatoms. The lowest BCUT2D eigenvalue weighted by atomic mass is 9.96. The van der Waals surface area contributed by atoms with Crippen LogP contribution in [0.25, 0.3) is 0 Å². The number of nitrogens with zero attached hydrogens (tertiary/aromatic N) is 5. The molecule has 0 radical (unpaired) electrons. The summed E-state index contributed by atoms with van der Waals surface area (Å²) in [7, 11) is 0. The molecule has 3 heterocycles. The molecular formula is C19H23N5O. The Labute approximate surface area is 147 Å². The van der Waals surface area contributed by atoms with Crippen molar-refractivity contribution in [3.05, 3.63) is 52.3 Å². The van der Waals surface area contributed by atoms with Crippen molar-refractivity contribution in [2.45, 2.75) is 39.2 Å². The van der Waals surface area contributed by atoms with Gasteiger partial charge >= 0.3 is 0 Å². The molecule has 6 nitrogen and oxygen atoms in total. The smallest absolute Gasteiger partial charge is 0.253 e. The molecule has 0 N–H and O–H groups in total. The monoisotopic (exact) mass is 337 g/mol. The van der Waals surface area contributed by atoms with E-state index in [9.17, 15) is 10.1 Å². The molecule has 130 valence electrons. The number of anilines is 1. The van der Waals surface area contributed by atoms with Crippen LogP contribution in [-0.4, -0.2) is 27.6 Å². The van der Waals surface area contributed by atoms with Crippen molar-refractivity contribution < 1.29 is 0 Å². The molecule has 2 aromatic heterocycles. The Morgan fingerprint density at radius 2 is 2.08 bits per heavy atom. The van der Waals surface area contributed by atoms with Gasteiger partial charge in [-0.3, -0.25) is 9.36 Å². The van der Waals surface area contributed by atoms with E-state index in [0.29, 0.717) is 18.0 Å². The topological polar surface area (TPSA) is 74.8 Å². The summed E-state index contributed by atoms with van der Waals surface area (Å²) >= 11 is 0. The number of aromatic nitrogens is 3. The zero-order valence-corrected chi connectivity index (χ0v) is 14.7. The molecule has 0 atom stereocenters. The summed E-state index contributed by atoms with van der Waals surface area (Å²) in [5.41, 5.74) is 1.48. The highest BCUT2D eigenvalue weighted by atomic mass is 16.1. The van der Waals surface area contributed by atoms with Gasteiger partial charge in [-0.1, -0.05) is 13.8 Å². The van der Waals surface area contributed by atoms with E-state index in [-0.39, 0.29) is 11.5 Å². The quantitative estimate of drug-likeness (QED) is 0.857. The third-order valence-corrected chi connectivity index (χ3v) is 4.77. The highest BCUT2D eigenvalue weighted by Gasteiger charge is 2.22. The lowest BCUT2D eigenvalue weighted by Gasteiger charge is -2.33. The van der Waals surface area contributed by atoms with Crippen LogP contribution in [0.5, 0.6) is 0 Å². The normalized spacial score (nSPS) is 15.4. The molecular weight excluding hydrogens is 314 g/mol. The Morgan fingerprint density at radius 3 is 2.72 bits per heavy atom. The Kier molecular flexibility index (Phi) is 5.13. The van der Waals surface area contributed by atoms with Crippen LogP contribution in [0.2, 0.25) is 0 Å². The van der Waals surface area contributed by atoms with E-state index >= 15 is 0 Å². The van der Waals surface area contributed by atoms with Gasteiger partial charge in [0.25, 0.3) is 5.56 Å².